The van der Waals surface area contributed by atoms with Crippen LogP contribution in [-0.4, -0.2) is 37.2 Å². The summed E-state index contributed by atoms with van der Waals surface area (Å²) in [7, 11) is 0. The number of hydrogen-bond donors (Lipinski definition) is 0. The number of unbranched alkanes of at least 4 members (excludes halogenated alkanes) is 29. The molecule has 0 aromatic heterocycles. The lowest BCUT2D eigenvalue weighted by atomic mass is 10.0. The van der Waals surface area contributed by atoms with Crippen molar-refractivity contribution in [3.63, 3.8) is 0 Å². The molecule has 0 radical (unpaired) electrons. The van der Waals surface area contributed by atoms with Crippen LogP contribution in [0.2, 0.25) is 0 Å². The Morgan fingerprint density at radius 3 is 0.747 bits per heavy atom. The lowest BCUT2D eigenvalue weighted by molar-refractivity contribution is -0.167. The lowest BCUT2D eigenvalue weighted by Crippen LogP contribution is -2.30. The molecular formula is C77H128O6. The Hall–Kier alpha value is -4.45. The minimum atomic E-state index is -0.799. The highest BCUT2D eigenvalue weighted by molar-refractivity contribution is 5.71. The molecule has 0 bridgehead atoms. The van der Waals surface area contributed by atoms with Crippen molar-refractivity contribution in [3.8, 4) is 0 Å². The van der Waals surface area contributed by atoms with Gasteiger partial charge in [0.05, 0.1) is 0 Å². The molecule has 0 N–H and O–H groups in total. The Morgan fingerprint density at radius 1 is 0.253 bits per heavy atom. The number of allylic oxidation sites excluding steroid dienone is 22. The van der Waals surface area contributed by atoms with Crippen molar-refractivity contribution in [2.75, 3.05) is 13.2 Å². The monoisotopic (exact) mass is 1150 g/mol. The van der Waals surface area contributed by atoms with E-state index < -0.39 is 6.10 Å². The molecule has 83 heavy (non-hydrogen) atoms. The third-order valence-corrected chi connectivity index (χ3v) is 14.6. The molecule has 0 aliphatic heterocycles. The van der Waals surface area contributed by atoms with E-state index >= 15 is 0 Å². The summed E-state index contributed by atoms with van der Waals surface area (Å²) in [5.41, 5.74) is 0. The third-order valence-electron chi connectivity index (χ3n) is 14.6. The number of carbonyl (C=O) groups is 3. The highest BCUT2D eigenvalue weighted by atomic mass is 16.6. The van der Waals surface area contributed by atoms with Crippen LogP contribution >= 0.6 is 0 Å². The van der Waals surface area contributed by atoms with Gasteiger partial charge in [-0.05, 0) is 135 Å². The van der Waals surface area contributed by atoms with Crippen molar-refractivity contribution in [2.24, 2.45) is 0 Å². The van der Waals surface area contributed by atoms with Gasteiger partial charge >= 0.3 is 17.9 Å². The number of carbonyl (C=O) groups excluding carboxylic acids is 3. The van der Waals surface area contributed by atoms with Crippen LogP contribution in [0.1, 0.15) is 316 Å². The van der Waals surface area contributed by atoms with Crippen LogP contribution < -0.4 is 0 Å². The molecule has 0 spiro atoms. The van der Waals surface area contributed by atoms with E-state index in [9.17, 15) is 14.4 Å². The van der Waals surface area contributed by atoms with E-state index in [1.807, 2.05) is 0 Å². The normalized spacial score (nSPS) is 13.0. The van der Waals surface area contributed by atoms with Gasteiger partial charge in [0, 0.05) is 19.3 Å². The van der Waals surface area contributed by atoms with Crippen LogP contribution in [0.25, 0.3) is 0 Å². The Balaban J connectivity index is 4.32. The molecule has 0 saturated carbocycles. The molecule has 0 aromatic rings. The molecule has 472 valence electrons. The van der Waals surface area contributed by atoms with Gasteiger partial charge in [-0.1, -0.05) is 296 Å². The molecule has 0 heterocycles. The highest BCUT2D eigenvalue weighted by Gasteiger charge is 2.19. The molecule has 0 aliphatic carbocycles. The molecule has 0 aromatic carbocycles. The van der Waals surface area contributed by atoms with Gasteiger partial charge in [-0.3, -0.25) is 14.4 Å². The fourth-order valence-corrected chi connectivity index (χ4v) is 9.49. The summed E-state index contributed by atoms with van der Waals surface area (Å²) in [5.74, 6) is -0.922. The second-order valence-corrected chi connectivity index (χ2v) is 22.7. The Bertz CT molecular complexity index is 1750. The SMILES string of the molecule is CC/C=C\C/C=C\C/C=C\C/C=C\C/C=C\C/C=C\CCCCCCCCCCCCC(=O)OCC(COC(=O)CCCCC/C=C\C/C=C\C/C=C\CC)OC(=O)CCCCCCCCCCCCC/C=C\C/C=C\CCCCCCC. The zero-order valence-corrected chi connectivity index (χ0v) is 54.2. The summed E-state index contributed by atoms with van der Waals surface area (Å²) in [6, 6.07) is 0. The van der Waals surface area contributed by atoms with E-state index in [0.717, 1.165) is 128 Å². The van der Waals surface area contributed by atoms with Crippen molar-refractivity contribution in [1.29, 1.82) is 0 Å². The van der Waals surface area contributed by atoms with Gasteiger partial charge in [-0.2, -0.15) is 0 Å². The first-order valence-corrected chi connectivity index (χ1v) is 34.7. The molecule has 0 aliphatic rings. The van der Waals surface area contributed by atoms with E-state index in [4.69, 9.17) is 14.2 Å². The molecule has 1 atom stereocenters. The number of ether oxygens (including phenoxy) is 3. The third kappa shape index (κ3) is 68.2. The van der Waals surface area contributed by atoms with Gasteiger partial charge in [0.2, 0.25) is 0 Å². The van der Waals surface area contributed by atoms with Crippen molar-refractivity contribution in [3.05, 3.63) is 134 Å². The average molecular weight is 1150 g/mol. The second kappa shape index (κ2) is 70.0. The van der Waals surface area contributed by atoms with Gasteiger partial charge in [-0.25, -0.2) is 0 Å². The summed E-state index contributed by atoms with van der Waals surface area (Å²) in [6.45, 7) is 6.39. The van der Waals surface area contributed by atoms with Crippen LogP contribution in [0.3, 0.4) is 0 Å². The summed E-state index contributed by atoms with van der Waals surface area (Å²) in [5, 5.41) is 0. The first kappa shape index (κ1) is 78.5. The summed E-state index contributed by atoms with van der Waals surface area (Å²) < 4.78 is 16.9. The maximum Gasteiger partial charge on any atom is 0.306 e. The number of hydrogen-bond acceptors (Lipinski definition) is 6. The molecule has 0 saturated heterocycles. The van der Waals surface area contributed by atoms with Crippen molar-refractivity contribution >= 4 is 17.9 Å². The largest absolute Gasteiger partial charge is 0.462 e. The van der Waals surface area contributed by atoms with Crippen molar-refractivity contribution in [1.82, 2.24) is 0 Å². The summed E-state index contributed by atoms with van der Waals surface area (Å²) in [6.07, 6.45) is 99.0. The molecule has 0 fully saturated rings. The smallest absolute Gasteiger partial charge is 0.306 e. The fraction of sp³-hybridized carbons (Fsp3) is 0.675. The van der Waals surface area contributed by atoms with E-state index in [1.54, 1.807) is 0 Å². The van der Waals surface area contributed by atoms with E-state index in [2.05, 4.69) is 154 Å². The second-order valence-electron chi connectivity index (χ2n) is 22.7. The number of esters is 3. The minimum absolute atomic E-state index is 0.0928. The predicted octanol–water partition coefficient (Wildman–Crippen LogP) is 24.1. The Labute approximate surface area is 513 Å². The first-order valence-electron chi connectivity index (χ1n) is 34.7. The summed E-state index contributed by atoms with van der Waals surface area (Å²) >= 11 is 0. The zero-order chi connectivity index (χ0) is 59.9. The molecule has 0 amide bonds. The topological polar surface area (TPSA) is 78.9 Å². The molecule has 6 heteroatoms. The standard InChI is InChI=1S/C77H128O6/c1-4-7-10-13-16-19-22-25-27-29-31-33-35-36-37-38-39-40-42-43-45-47-49-52-55-58-61-64-67-70-76(79)82-73-74(72-81-75(78)69-66-63-60-57-54-51-24-21-18-15-12-9-6-3)83-77(80)71-68-65-62-59-56-53-50-48-46-44-41-34-32-30-28-26-23-20-17-14-11-8-5-2/h7,9-10,12,16,18-19,21,23,25-27,30-33,36-37,39-40,51,54,74H,4-6,8,11,13-15,17,20,22,24,28-29,34-35,38,41-50,52-53,55-73H2,1-3H3/b10-7-,12-9-,19-16-,21-18-,26-23-,27-25-,32-30-,33-31-,37-36-,40-39-,54-51-. The average Bonchev–Trinajstić information content (AvgIpc) is 3.49. The van der Waals surface area contributed by atoms with Crippen LogP contribution in [0.4, 0.5) is 0 Å². The van der Waals surface area contributed by atoms with Gasteiger partial charge in [0.25, 0.3) is 0 Å². The lowest BCUT2D eigenvalue weighted by Gasteiger charge is -2.18. The van der Waals surface area contributed by atoms with Gasteiger partial charge < -0.3 is 14.2 Å². The molecular weight excluding hydrogens is 1020 g/mol. The molecule has 0 rings (SSSR count). The van der Waals surface area contributed by atoms with E-state index in [0.29, 0.717) is 19.3 Å². The number of rotatable bonds is 62. The van der Waals surface area contributed by atoms with Crippen molar-refractivity contribution < 1.29 is 28.6 Å². The molecule has 1 unspecified atom stereocenters. The maximum absolute atomic E-state index is 12.9. The van der Waals surface area contributed by atoms with Crippen LogP contribution in [0, 0.1) is 0 Å². The van der Waals surface area contributed by atoms with Crippen LogP contribution in [0.5, 0.6) is 0 Å². The Morgan fingerprint density at radius 2 is 0.470 bits per heavy atom. The van der Waals surface area contributed by atoms with E-state index in [-0.39, 0.29) is 31.1 Å². The first-order chi connectivity index (χ1) is 41.0. The highest BCUT2D eigenvalue weighted by Crippen LogP contribution is 2.16. The van der Waals surface area contributed by atoms with Gasteiger partial charge in [0.1, 0.15) is 13.2 Å². The Kier molecular flexibility index (Phi) is 66.3. The maximum atomic E-state index is 12.9. The molecule has 6 nitrogen and oxygen atoms in total. The van der Waals surface area contributed by atoms with Crippen LogP contribution in [0.15, 0.2) is 134 Å². The van der Waals surface area contributed by atoms with Crippen LogP contribution in [-0.2, 0) is 28.6 Å². The fourth-order valence-electron chi connectivity index (χ4n) is 9.49. The van der Waals surface area contributed by atoms with Gasteiger partial charge in [0.15, 0.2) is 6.10 Å². The summed E-state index contributed by atoms with van der Waals surface area (Å²) in [4.78, 5) is 38.4. The predicted molar refractivity (Wildman–Crippen MR) is 362 cm³/mol. The van der Waals surface area contributed by atoms with Gasteiger partial charge in [-0.15, -0.1) is 0 Å². The zero-order valence-electron chi connectivity index (χ0n) is 54.2. The quantitative estimate of drug-likeness (QED) is 0.0261. The minimum Gasteiger partial charge on any atom is -0.462 e. The van der Waals surface area contributed by atoms with E-state index in [1.165, 1.54) is 148 Å². The van der Waals surface area contributed by atoms with Crippen molar-refractivity contribution in [2.45, 2.75) is 322 Å².